The lowest BCUT2D eigenvalue weighted by Gasteiger charge is -2.47. The molecule has 0 amide bonds. The van der Waals surface area contributed by atoms with Gasteiger partial charge in [0.05, 0.1) is 5.41 Å². The summed E-state index contributed by atoms with van der Waals surface area (Å²) >= 11 is 0. The number of phenols is 1. The number of benzene rings is 1. The predicted molar refractivity (Wildman–Crippen MR) is 89.1 cm³/mol. The molecular weight excluding hydrogens is 288 g/mol. The van der Waals surface area contributed by atoms with Crippen LogP contribution < -0.4 is 0 Å². The van der Waals surface area contributed by atoms with Crippen molar-refractivity contribution in [1.82, 2.24) is 0 Å². The number of hydrogen-bond acceptors (Lipinski definition) is 3. The quantitative estimate of drug-likeness (QED) is 0.906. The van der Waals surface area contributed by atoms with Gasteiger partial charge in [-0.25, -0.2) is 0 Å². The summed E-state index contributed by atoms with van der Waals surface area (Å²) in [5.41, 5.74) is 1.15. The lowest BCUT2D eigenvalue weighted by Crippen LogP contribution is -2.49. The number of carbonyl (C=O) groups is 2. The highest BCUT2D eigenvalue weighted by Gasteiger charge is 2.55. The van der Waals surface area contributed by atoms with Crippen LogP contribution >= 0.6 is 0 Å². The summed E-state index contributed by atoms with van der Waals surface area (Å²) in [6.07, 6.45) is 5.68. The zero-order valence-corrected chi connectivity index (χ0v) is 13.4. The molecule has 2 aliphatic rings. The Morgan fingerprint density at radius 2 is 2.00 bits per heavy atom. The van der Waals surface area contributed by atoms with E-state index < -0.39 is 11.3 Å². The number of para-hydroxylation sites is 1. The number of fused-ring (bicyclic) bond motifs is 1. The largest absolute Gasteiger partial charge is 0.508 e. The van der Waals surface area contributed by atoms with Crippen molar-refractivity contribution in [2.45, 2.75) is 26.2 Å². The van der Waals surface area contributed by atoms with E-state index in [2.05, 4.69) is 6.58 Å². The normalized spacial score (nSPS) is 30.3. The molecule has 3 atom stereocenters. The molecule has 1 N–H and O–H groups in total. The Kier molecular flexibility index (Phi) is 3.59. The van der Waals surface area contributed by atoms with Crippen LogP contribution in [0.4, 0.5) is 0 Å². The second kappa shape index (κ2) is 5.34. The Morgan fingerprint density at radius 1 is 1.30 bits per heavy atom. The molecule has 3 nitrogen and oxygen atoms in total. The van der Waals surface area contributed by atoms with E-state index in [4.69, 9.17) is 0 Å². The number of hydrogen-bond donors (Lipinski definition) is 1. The fourth-order valence-corrected chi connectivity index (χ4v) is 4.10. The summed E-state index contributed by atoms with van der Waals surface area (Å²) in [6, 6.07) is 7.01. The van der Waals surface area contributed by atoms with Gasteiger partial charge in [0, 0.05) is 17.4 Å². The minimum absolute atomic E-state index is 0.00983. The van der Waals surface area contributed by atoms with Crippen molar-refractivity contribution in [1.29, 1.82) is 0 Å². The fraction of sp³-hybridized carbons (Fsp3) is 0.300. The van der Waals surface area contributed by atoms with Crippen molar-refractivity contribution in [3.63, 3.8) is 0 Å². The molecule has 0 bridgehead atoms. The van der Waals surface area contributed by atoms with Crippen LogP contribution in [0.3, 0.4) is 0 Å². The smallest absolute Gasteiger partial charge is 0.166 e. The Balaban J connectivity index is 2.27. The molecule has 1 aromatic carbocycles. The average molecular weight is 308 g/mol. The van der Waals surface area contributed by atoms with E-state index in [-0.39, 0.29) is 23.2 Å². The lowest BCUT2D eigenvalue weighted by atomic mass is 9.53. The maximum Gasteiger partial charge on any atom is 0.166 e. The molecule has 0 fully saturated rings. The van der Waals surface area contributed by atoms with E-state index in [9.17, 15) is 14.7 Å². The minimum atomic E-state index is -0.896. The average Bonchev–Trinajstić information content (AvgIpc) is 2.53. The summed E-state index contributed by atoms with van der Waals surface area (Å²) in [7, 11) is 0. The van der Waals surface area contributed by atoms with Crippen LogP contribution in [-0.4, -0.2) is 16.7 Å². The number of carbonyl (C=O) groups excluding carboxylic acids is 2. The Labute approximate surface area is 136 Å². The molecule has 118 valence electrons. The predicted octanol–water partition coefficient (Wildman–Crippen LogP) is 3.71. The molecule has 3 rings (SSSR count). The number of rotatable bonds is 2. The van der Waals surface area contributed by atoms with Crippen LogP contribution in [0.5, 0.6) is 5.75 Å². The molecule has 0 saturated heterocycles. The van der Waals surface area contributed by atoms with Gasteiger partial charge in [-0.1, -0.05) is 43.9 Å². The van der Waals surface area contributed by atoms with Crippen molar-refractivity contribution in [2.75, 3.05) is 0 Å². The number of aromatic hydroxyl groups is 1. The second-order valence-corrected chi connectivity index (χ2v) is 6.53. The first-order valence-electron chi connectivity index (χ1n) is 7.78. The minimum Gasteiger partial charge on any atom is -0.508 e. The van der Waals surface area contributed by atoms with Gasteiger partial charge in [0.15, 0.2) is 11.6 Å². The SMILES string of the molecule is C=CC1=CCC2C(=O)C=C(C)C(=O)C2(C)C1c1ccccc1O. The summed E-state index contributed by atoms with van der Waals surface area (Å²) < 4.78 is 0. The Bertz CT molecular complexity index is 769. The lowest BCUT2D eigenvalue weighted by molar-refractivity contribution is -0.137. The highest BCUT2D eigenvalue weighted by atomic mass is 16.3. The first kappa shape index (κ1) is 15.5. The van der Waals surface area contributed by atoms with E-state index >= 15 is 0 Å². The molecule has 0 heterocycles. The number of allylic oxidation sites excluding steroid dienone is 5. The van der Waals surface area contributed by atoms with Gasteiger partial charge >= 0.3 is 0 Å². The first-order chi connectivity index (χ1) is 10.9. The van der Waals surface area contributed by atoms with Gasteiger partial charge in [0.25, 0.3) is 0 Å². The molecule has 0 radical (unpaired) electrons. The number of phenolic OH excluding ortho intramolecular Hbond substituents is 1. The summed E-state index contributed by atoms with van der Waals surface area (Å²) in [5, 5.41) is 10.3. The van der Waals surface area contributed by atoms with Gasteiger partial charge in [0.2, 0.25) is 0 Å². The maximum atomic E-state index is 13.0. The summed E-state index contributed by atoms with van der Waals surface area (Å²) in [6.45, 7) is 7.40. The van der Waals surface area contributed by atoms with E-state index in [0.717, 1.165) is 5.57 Å². The van der Waals surface area contributed by atoms with Crippen LogP contribution in [0.15, 0.2) is 60.2 Å². The third-order valence-electron chi connectivity index (χ3n) is 5.28. The molecule has 2 aliphatic carbocycles. The van der Waals surface area contributed by atoms with Crippen molar-refractivity contribution in [2.24, 2.45) is 11.3 Å². The molecule has 3 unspecified atom stereocenters. The molecule has 3 heteroatoms. The van der Waals surface area contributed by atoms with Crippen LogP contribution in [-0.2, 0) is 9.59 Å². The Morgan fingerprint density at radius 3 is 2.65 bits per heavy atom. The molecule has 0 saturated carbocycles. The zero-order chi connectivity index (χ0) is 16.8. The molecule has 0 aromatic heterocycles. The molecular formula is C20H20O3. The molecule has 1 aromatic rings. The van der Waals surface area contributed by atoms with E-state index in [1.807, 2.05) is 25.1 Å². The Hall–Kier alpha value is -2.42. The van der Waals surface area contributed by atoms with Gasteiger partial charge in [-0.15, -0.1) is 0 Å². The van der Waals surface area contributed by atoms with Gasteiger partial charge in [-0.05, 0) is 36.6 Å². The van der Waals surface area contributed by atoms with Gasteiger partial charge in [0.1, 0.15) is 5.75 Å². The summed E-state index contributed by atoms with van der Waals surface area (Å²) in [4.78, 5) is 25.5. The van der Waals surface area contributed by atoms with E-state index in [1.165, 1.54) is 6.08 Å². The highest BCUT2D eigenvalue weighted by Crippen LogP contribution is 2.56. The number of Topliss-reactive ketones (excluding diaryl/α,β-unsaturated/α-hetero) is 1. The molecule has 0 aliphatic heterocycles. The van der Waals surface area contributed by atoms with E-state index in [1.54, 1.807) is 25.1 Å². The van der Waals surface area contributed by atoms with Crippen LogP contribution in [0, 0.1) is 11.3 Å². The molecule has 23 heavy (non-hydrogen) atoms. The zero-order valence-electron chi connectivity index (χ0n) is 13.4. The van der Waals surface area contributed by atoms with Gasteiger partial charge in [-0.2, -0.15) is 0 Å². The maximum absolute atomic E-state index is 13.0. The highest BCUT2D eigenvalue weighted by molar-refractivity contribution is 6.13. The van der Waals surface area contributed by atoms with E-state index in [0.29, 0.717) is 17.6 Å². The van der Waals surface area contributed by atoms with Crippen molar-refractivity contribution in [3.05, 3.63) is 65.8 Å². The monoisotopic (exact) mass is 308 g/mol. The van der Waals surface area contributed by atoms with Crippen LogP contribution in [0.25, 0.3) is 0 Å². The first-order valence-corrected chi connectivity index (χ1v) is 7.78. The third kappa shape index (κ3) is 2.11. The van der Waals surface area contributed by atoms with Gasteiger partial charge < -0.3 is 5.11 Å². The standard InChI is InChI=1S/C20H20O3/c1-4-13-9-10-15-17(22)11-12(2)19(23)20(15,3)18(13)14-7-5-6-8-16(14)21/h4-9,11,15,18,21H,1,10H2,2-3H3. The van der Waals surface area contributed by atoms with Crippen molar-refractivity contribution in [3.8, 4) is 5.75 Å². The van der Waals surface area contributed by atoms with Crippen LogP contribution in [0.2, 0.25) is 0 Å². The van der Waals surface area contributed by atoms with Gasteiger partial charge in [-0.3, -0.25) is 9.59 Å². The third-order valence-corrected chi connectivity index (χ3v) is 5.28. The molecule has 0 spiro atoms. The van der Waals surface area contributed by atoms with Crippen molar-refractivity contribution < 1.29 is 14.7 Å². The van der Waals surface area contributed by atoms with Crippen molar-refractivity contribution >= 4 is 11.6 Å². The fourth-order valence-electron chi connectivity index (χ4n) is 4.10. The topological polar surface area (TPSA) is 54.4 Å². The number of ketones is 2. The second-order valence-electron chi connectivity index (χ2n) is 6.53. The van der Waals surface area contributed by atoms with Crippen LogP contribution in [0.1, 0.15) is 31.7 Å². The summed E-state index contributed by atoms with van der Waals surface area (Å²) in [5.74, 6) is -0.668.